The maximum Gasteiger partial charge on any atom is 0.182 e. The number of rotatable bonds is 3. The van der Waals surface area contributed by atoms with E-state index in [-0.39, 0.29) is 0 Å². The topological polar surface area (TPSA) is 57.4 Å². The number of nitrogens with zero attached hydrogens (tertiary/aromatic N) is 1. The van der Waals surface area contributed by atoms with Crippen LogP contribution in [0.2, 0.25) is 0 Å². The molecular formula is C11H12N2O2S2. The number of nitrogens with two attached hydrogens (primary N) is 1. The van der Waals surface area contributed by atoms with Crippen LogP contribution in [0.3, 0.4) is 0 Å². The summed E-state index contributed by atoms with van der Waals surface area (Å²) in [5.74, 6) is 1.68. The first-order valence-electron chi connectivity index (χ1n) is 5.40. The highest BCUT2D eigenvalue weighted by molar-refractivity contribution is 7.20. The van der Waals surface area contributed by atoms with E-state index in [9.17, 15) is 0 Å². The quantitative estimate of drug-likeness (QED) is 0.926. The Bertz CT molecular complexity index is 521. The lowest BCUT2D eigenvalue weighted by Gasteiger charge is -2.15. The van der Waals surface area contributed by atoms with Crippen LogP contribution < -0.4 is 15.2 Å². The minimum Gasteiger partial charge on any atom is -0.485 e. The molecule has 3 rings (SSSR count). The van der Waals surface area contributed by atoms with Gasteiger partial charge in [0.15, 0.2) is 11.5 Å². The van der Waals surface area contributed by atoms with Crippen LogP contribution in [0.5, 0.6) is 11.5 Å². The third kappa shape index (κ3) is 2.03. The number of fused-ring (bicyclic) bond motifs is 1. The first-order chi connectivity index (χ1) is 8.38. The Kier molecular flexibility index (Phi) is 3.00. The third-order valence-corrected chi connectivity index (χ3v) is 4.43. The van der Waals surface area contributed by atoms with E-state index < -0.39 is 0 Å². The highest BCUT2D eigenvalue weighted by atomic mass is 32.1. The van der Waals surface area contributed by atoms with E-state index in [4.69, 9.17) is 15.2 Å². The maximum absolute atomic E-state index is 5.65. The lowest BCUT2D eigenvalue weighted by Crippen LogP contribution is -2.14. The molecule has 17 heavy (non-hydrogen) atoms. The van der Waals surface area contributed by atoms with Gasteiger partial charge in [-0.15, -0.1) is 22.7 Å². The lowest BCUT2D eigenvalue weighted by atomic mass is 10.3. The predicted molar refractivity (Wildman–Crippen MR) is 69.2 cm³/mol. The fourth-order valence-corrected chi connectivity index (χ4v) is 3.57. The number of aromatic nitrogens is 1. The van der Waals surface area contributed by atoms with E-state index in [0.717, 1.165) is 33.5 Å². The van der Waals surface area contributed by atoms with E-state index in [1.807, 2.05) is 5.38 Å². The van der Waals surface area contributed by atoms with Crippen LogP contribution >= 0.6 is 22.7 Å². The summed E-state index contributed by atoms with van der Waals surface area (Å²) in [7, 11) is 0. The van der Waals surface area contributed by atoms with Crippen LogP contribution in [0.25, 0.3) is 9.88 Å². The number of thiophene rings is 1. The van der Waals surface area contributed by atoms with Gasteiger partial charge in [-0.1, -0.05) is 0 Å². The van der Waals surface area contributed by atoms with Gasteiger partial charge in [0, 0.05) is 17.2 Å². The second-order valence-corrected chi connectivity index (χ2v) is 5.38. The van der Waals surface area contributed by atoms with Gasteiger partial charge in [0.1, 0.15) is 23.1 Å². The van der Waals surface area contributed by atoms with Crippen molar-refractivity contribution < 1.29 is 9.47 Å². The number of hydrogen-bond acceptors (Lipinski definition) is 6. The van der Waals surface area contributed by atoms with Crippen LogP contribution in [0.15, 0.2) is 10.8 Å². The molecular weight excluding hydrogens is 256 g/mol. The maximum atomic E-state index is 5.65. The average molecular weight is 268 g/mol. The Morgan fingerprint density at radius 1 is 1.24 bits per heavy atom. The molecule has 0 saturated heterocycles. The minimum absolute atomic E-state index is 0.609. The molecule has 0 aromatic carbocycles. The molecule has 1 aliphatic rings. The van der Waals surface area contributed by atoms with Crippen molar-refractivity contribution in [1.29, 1.82) is 0 Å². The van der Waals surface area contributed by atoms with Gasteiger partial charge in [0.05, 0.1) is 5.69 Å². The summed E-state index contributed by atoms with van der Waals surface area (Å²) in [6.45, 7) is 1.86. The van der Waals surface area contributed by atoms with Crippen LogP contribution in [0.4, 0.5) is 0 Å². The van der Waals surface area contributed by atoms with E-state index in [1.54, 1.807) is 22.7 Å². The largest absolute Gasteiger partial charge is 0.485 e. The zero-order valence-corrected chi connectivity index (χ0v) is 10.8. The van der Waals surface area contributed by atoms with Crippen molar-refractivity contribution in [1.82, 2.24) is 4.98 Å². The molecule has 4 nitrogen and oxygen atoms in total. The second-order valence-electron chi connectivity index (χ2n) is 3.64. The van der Waals surface area contributed by atoms with Gasteiger partial charge < -0.3 is 15.2 Å². The zero-order valence-electron chi connectivity index (χ0n) is 9.14. The van der Waals surface area contributed by atoms with E-state index in [1.165, 1.54) is 0 Å². The zero-order chi connectivity index (χ0) is 11.7. The molecule has 0 fully saturated rings. The molecule has 0 unspecified atom stereocenters. The van der Waals surface area contributed by atoms with E-state index in [2.05, 4.69) is 10.4 Å². The summed E-state index contributed by atoms with van der Waals surface area (Å²) in [6, 6.07) is 0. The monoisotopic (exact) mass is 268 g/mol. The number of hydrogen-bond donors (Lipinski definition) is 1. The van der Waals surface area contributed by atoms with Gasteiger partial charge in [-0.2, -0.15) is 0 Å². The Morgan fingerprint density at radius 3 is 3.00 bits per heavy atom. The molecule has 2 aromatic heterocycles. The van der Waals surface area contributed by atoms with Crippen LogP contribution in [-0.4, -0.2) is 24.7 Å². The second kappa shape index (κ2) is 4.64. The molecule has 0 atom stereocenters. The highest BCUT2D eigenvalue weighted by Crippen LogP contribution is 2.46. The normalized spacial score (nSPS) is 13.9. The third-order valence-electron chi connectivity index (χ3n) is 2.45. The van der Waals surface area contributed by atoms with Gasteiger partial charge in [-0.25, -0.2) is 4.98 Å². The summed E-state index contributed by atoms with van der Waals surface area (Å²) in [5.41, 5.74) is 6.57. The fourth-order valence-electron chi connectivity index (χ4n) is 1.68. The molecule has 0 amide bonds. The molecule has 0 spiro atoms. The van der Waals surface area contributed by atoms with Crippen molar-refractivity contribution in [2.24, 2.45) is 5.73 Å². The summed E-state index contributed by atoms with van der Waals surface area (Å²) >= 11 is 3.24. The first-order valence-corrected chi connectivity index (χ1v) is 7.16. The standard InChI is InChI=1S/C11H12N2O2S2/c12-2-1-7-5-17-11(13-7)10-9-8(6-16-10)14-3-4-15-9/h5-6H,1-4,12H2. The average Bonchev–Trinajstić information content (AvgIpc) is 2.95. The molecule has 0 aliphatic carbocycles. The molecule has 2 N–H and O–H groups in total. The van der Waals surface area contributed by atoms with Crippen molar-refractivity contribution in [2.75, 3.05) is 19.8 Å². The van der Waals surface area contributed by atoms with E-state index >= 15 is 0 Å². The van der Waals surface area contributed by atoms with E-state index in [0.29, 0.717) is 19.8 Å². The van der Waals surface area contributed by atoms with Crippen molar-refractivity contribution in [3.05, 3.63) is 16.5 Å². The summed E-state index contributed by atoms with van der Waals surface area (Å²) in [4.78, 5) is 5.63. The van der Waals surface area contributed by atoms with Gasteiger partial charge in [0.2, 0.25) is 0 Å². The lowest BCUT2D eigenvalue weighted by molar-refractivity contribution is 0.174. The number of ether oxygens (including phenoxy) is 2. The predicted octanol–water partition coefficient (Wildman–Crippen LogP) is 2.14. The van der Waals surface area contributed by atoms with Gasteiger partial charge in [0.25, 0.3) is 0 Å². The van der Waals surface area contributed by atoms with Gasteiger partial charge >= 0.3 is 0 Å². The first kappa shape index (κ1) is 11.0. The van der Waals surface area contributed by atoms with Crippen LogP contribution in [0.1, 0.15) is 5.69 Å². The van der Waals surface area contributed by atoms with Gasteiger partial charge in [-0.05, 0) is 6.54 Å². The summed E-state index contributed by atoms with van der Waals surface area (Å²) < 4.78 is 11.2. The molecule has 2 aromatic rings. The molecule has 1 aliphatic heterocycles. The van der Waals surface area contributed by atoms with Crippen LogP contribution in [0, 0.1) is 0 Å². The van der Waals surface area contributed by atoms with Crippen LogP contribution in [-0.2, 0) is 6.42 Å². The minimum atomic E-state index is 0.609. The summed E-state index contributed by atoms with van der Waals surface area (Å²) in [5, 5.41) is 5.02. The van der Waals surface area contributed by atoms with Crippen molar-refractivity contribution in [3.63, 3.8) is 0 Å². The summed E-state index contributed by atoms with van der Waals surface area (Å²) in [6.07, 6.45) is 0.821. The fraction of sp³-hybridized carbons (Fsp3) is 0.364. The van der Waals surface area contributed by atoms with Crippen molar-refractivity contribution >= 4 is 22.7 Å². The van der Waals surface area contributed by atoms with Gasteiger partial charge in [-0.3, -0.25) is 0 Å². The molecule has 6 heteroatoms. The molecule has 0 bridgehead atoms. The Morgan fingerprint density at radius 2 is 2.12 bits per heavy atom. The molecule has 90 valence electrons. The SMILES string of the molecule is NCCc1csc(-c2scc3c2OCCO3)n1. The Balaban J connectivity index is 1.94. The molecule has 0 radical (unpaired) electrons. The number of thiazole rings is 1. The smallest absolute Gasteiger partial charge is 0.182 e. The molecule has 3 heterocycles. The highest BCUT2D eigenvalue weighted by Gasteiger charge is 2.21. The van der Waals surface area contributed by atoms with Crippen molar-refractivity contribution in [3.8, 4) is 21.4 Å². The Hall–Kier alpha value is -1.11. The molecule has 0 saturated carbocycles. The van der Waals surface area contributed by atoms with Crippen molar-refractivity contribution in [2.45, 2.75) is 6.42 Å². The Labute approximate surface area is 107 Å².